The van der Waals surface area contributed by atoms with Crippen molar-refractivity contribution in [2.45, 2.75) is 9.79 Å². The monoisotopic (exact) mass is 320 g/mol. The Balaban J connectivity index is 2.50. The van der Waals surface area contributed by atoms with Crippen LogP contribution in [0.4, 0.5) is 22.0 Å². The fourth-order valence-electron chi connectivity index (χ4n) is 1.48. The number of carboxylic acid groups (broad SMARTS) is 1. The van der Waals surface area contributed by atoms with Crippen LogP contribution in [-0.2, 0) is 0 Å². The molecule has 0 aliphatic heterocycles. The first-order valence-electron chi connectivity index (χ1n) is 5.35. The van der Waals surface area contributed by atoms with Crippen LogP contribution < -0.4 is 0 Å². The van der Waals surface area contributed by atoms with Crippen LogP contribution in [0, 0.1) is 29.1 Å². The summed E-state index contributed by atoms with van der Waals surface area (Å²) in [5.41, 5.74) is -0.177. The molecule has 0 amide bonds. The maximum absolute atomic E-state index is 13.5. The van der Waals surface area contributed by atoms with E-state index < -0.39 is 40.0 Å². The zero-order valence-corrected chi connectivity index (χ0v) is 10.8. The highest BCUT2D eigenvalue weighted by Crippen LogP contribution is 2.35. The SMILES string of the molecule is O=C(O)c1cccc(Sc2c(F)c(F)c(F)c(F)c2F)c1. The van der Waals surface area contributed by atoms with Gasteiger partial charge in [0.15, 0.2) is 23.3 Å². The standard InChI is InChI=1S/C13H5F5O2S/c14-7-8(15)10(17)12(11(18)9(7)16)21-6-3-1-2-5(4-6)13(19)20/h1-4H,(H,19,20). The van der Waals surface area contributed by atoms with Crippen molar-refractivity contribution >= 4 is 17.7 Å². The first-order valence-corrected chi connectivity index (χ1v) is 6.17. The zero-order chi connectivity index (χ0) is 15.7. The fourth-order valence-corrected chi connectivity index (χ4v) is 2.41. The van der Waals surface area contributed by atoms with Crippen LogP contribution in [0.3, 0.4) is 0 Å². The normalized spacial score (nSPS) is 10.7. The van der Waals surface area contributed by atoms with Gasteiger partial charge in [-0.25, -0.2) is 26.7 Å². The van der Waals surface area contributed by atoms with Crippen LogP contribution in [0.1, 0.15) is 10.4 Å². The highest BCUT2D eigenvalue weighted by molar-refractivity contribution is 7.99. The molecule has 110 valence electrons. The van der Waals surface area contributed by atoms with Crippen LogP contribution >= 0.6 is 11.8 Å². The third-order valence-electron chi connectivity index (χ3n) is 2.47. The van der Waals surface area contributed by atoms with Crippen molar-refractivity contribution < 1.29 is 31.9 Å². The van der Waals surface area contributed by atoms with Crippen LogP contribution in [0.15, 0.2) is 34.1 Å². The van der Waals surface area contributed by atoms with Gasteiger partial charge in [-0.2, -0.15) is 0 Å². The molecule has 0 saturated carbocycles. The predicted molar refractivity (Wildman–Crippen MR) is 63.8 cm³/mol. The molecule has 0 bridgehead atoms. The molecule has 1 N–H and O–H groups in total. The van der Waals surface area contributed by atoms with E-state index in [-0.39, 0.29) is 22.2 Å². The molecule has 21 heavy (non-hydrogen) atoms. The van der Waals surface area contributed by atoms with Gasteiger partial charge < -0.3 is 5.11 Å². The molecule has 0 saturated heterocycles. The lowest BCUT2D eigenvalue weighted by molar-refractivity contribution is 0.0696. The van der Waals surface area contributed by atoms with E-state index in [1.54, 1.807) is 0 Å². The molecule has 0 unspecified atom stereocenters. The number of carbonyl (C=O) groups is 1. The lowest BCUT2D eigenvalue weighted by Gasteiger charge is -2.08. The Hall–Kier alpha value is -2.09. The summed E-state index contributed by atoms with van der Waals surface area (Å²) in [6.45, 7) is 0. The number of carboxylic acids is 1. The van der Waals surface area contributed by atoms with Gasteiger partial charge in [0, 0.05) is 4.90 Å². The molecule has 0 aliphatic rings. The maximum atomic E-state index is 13.5. The van der Waals surface area contributed by atoms with E-state index in [1.165, 1.54) is 18.2 Å². The number of aromatic carboxylic acids is 1. The van der Waals surface area contributed by atoms with Gasteiger partial charge in [0.25, 0.3) is 0 Å². The van der Waals surface area contributed by atoms with E-state index in [1.807, 2.05) is 0 Å². The summed E-state index contributed by atoms with van der Waals surface area (Å²) in [5.74, 6) is -11.5. The van der Waals surface area contributed by atoms with Crippen molar-refractivity contribution in [1.29, 1.82) is 0 Å². The molecule has 8 heteroatoms. The topological polar surface area (TPSA) is 37.3 Å². The van der Waals surface area contributed by atoms with Gasteiger partial charge in [-0.05, 0) is 18.2 Å². The second-order valence-corrected chi connectivity index (χ2v) is 4.92. The first-order chi connectivity index (χ1) is 9.82. The third-order valence-corrected chi connectivity index (χ3v) is 3.52. The van der Waals surface area contributed by atoms with E-state index in [4.69, 9.17) is 5.11 Å². The molecule has 2 nitrogen and oxygen atoms in total. The van der Waals surface area contributed by atoms with Crippen LogP contribution in [0.25, 0.3) is 0 Å². The smallest absolute Gasteiger partial charge is 0.335 e. The van der Waals surface area contributed by atoms with Crippen LogP contribution in [0.5, 0.6) is 0 Å². The van der Waals surface area contributed by atoms with Crippen molar-refractivity contribution in [3.8, 4) is 0 Å². The van der Waals surface area contributed by atoms with Crippen molar-refractivity contribution in [2.75, 3.05) is 0 Å². The largest absolute Gasteiger partial charge is 0.478 e. The zero-order valence-electron chi connectivity index (χ0n) is 9.96. The van der Waals surface area contributed by atoms with E-state index in [0.29, 0.717) is 0 Å². The number of benzene rings is 2. The molecule has 2 aromatic rings. The Morgan fingerprint density at radius 3 is 1.95 bits per heavy atom. The Morgan fingerprint density at radius 2 is 1.43 bits per heavy atom. The average molecular weight is 320 g/mol. The molecular formula is C13H5F5O2S. The van der Waals surface area contributed by atoms with Gasteiger partial charge in [-0.1, -0.05) is 17.8 Å². The molecule has 0 radical (unpaired) electrons. The Bertz CT molecular complexity index is 704. The van der Waals surface area contributed by atoms with E-state index in [2.05, 4.69) is 0 Å². The molecule has 0 fully saturated rings. The van der Waals surface area contributed by atoms with E-state index in [0.717, 1.165) is 6.07 Å². The van der Waals surface area contributed by atoms with Crippen LogP contribution in [-0.4, -0.2) is 11.1 Å². The second-order valence-electron chi connectivity index (χ2n) is 3.83. The summed E-state index contributed by atoms with van der Waals surface area (Å²) in [4.78, 5) is 9.70. The van der Waals surface area contributed by atoms with Gasteiger partial charge in [-0.3, -0.25) is 0 Å². The quantitative estimate of drug-likeness (QED) is 0.522. The number of hydrogen-bond acceptors (Lipinski definition) is 2. The van der Waals surface area contributed by atoms with Crippen molar-refractivity contribution in [3.63, 3.8) is 0 Å². The fraction of sp³-hybridized carbons (Fsp3) is 0. The summed E-state index contributed by atoms with van der Waals surface area (Å²) < 4.78 is 66.0. The summed E-state index contributed by atoms with van der Waals surface area (Å²) in [5, 5.41) is 8.78. The van der Waals surface area contributed by atoms with Gasteiger partial charge in [0.2, 0.25) is 5.82 Å². The predicted octanol–water partition coefficient (Wildman–Crippen LogP) is 4.23. The van der Waals surface area contributed by atoms with Gasteiger partial charge in [0.05, 0.1) is 10.5 Å². The Morgan fingerprint density at radius 1 is 0.905 bits per heavy atom. The summed E-state index contributed by atoms with van der Waals surface area (Å²) in [7, 11) is 0. The minimum Gasteiger partial charge on any atom is -0.478 e. The summed E-state index contributed by atoms with van der Waals surface area (Å²) >= 11 is 0.249. The average Bonchev–Trinajstić information content (AvgIpc) is 2.48. The number of hydrogen-bond donors (Lipinski definition) is 1. The lowest BCUT2D eigenvalue weighted by Crippen LogP contribution is -2.03. The van der Waals surface area contributed by atoms with Crippen molar-refractivity contribution in [1.82, 2.24) is 0 Å². The summed E-state index contributed by atoms with van der Waals surface area (Å²) in [6.07, 6.45) is 0. The molecule has 0 heterocycles. The maximum Gasteiger partial charge on any atom is 0.335 e. The second kappa shape index (κ2) is 5.72. The van der Waals surface area contributed by atoms with Gasteiger partial charge in [-0.15, -0.1) is 0 Å². The minimum atomic E-state index is -2.24. The Kier molecular flexibility index (Phi) is 4.17. The molecule has 2 aromatic carbocycles. The highest BCUT2D eigenvalue weighted by Gasteiger charge is 2.26. The van der Waals surface area contributed by atoms with Gasteiger partial charge in [0.1, 0.15) is 0 Å². The molecule has 0 spiro atoms. The van der Waals surface area contributed by atoms with E-state index in [9.17, 15) is 26.7 Å². The molecule has 0 aromatic heterocycles. The minimum absolute atomic E-state index is 0.0260. The molecule has 0 aliphatic carbocycles. The van der Waals surface area contributed by atoms with Crippen LogP contribution in [0.2, 0.25) is 0 Å². The number of halogens is 5. The van der Waals surface area contributed by atoms with Crippen molar-refractivity contribution in [2.24, 2.45) is 0 Å². The first kappa shape index (κ1) is 15.3. The summed E-state index contributed by atoms with van der Waals surface area (Å²) in [6, 6.07) is 4.86. The number of rotatable bonds is 3. The Labute approximate surface area is 119 Å². The molecule has 2 rings (SSSR count). The van der Waals surface area contributed by atoms with Crippen molar-refractivity contribution in [3.05, 3.63) is 58.9 Å². The lowest BCUT2D eigenvalue weighted by atomic mass is 10.2. The van der Waals surface area contributed by atoms with E-state index >= 15 is 0 Å². The van der Waals surface area contributed by atoms with Gasteiger partial charge >= 0.3 is 5.97 Å². The third kappa shape index (κ3) is 2.85. The molecular weight excluding hydrogens is 315 g/mol. The highest BCUT2D eigenvalue weighted by atomic mass is 32.2. The molecule has 0 atom stereocenters.